The number of aryl methyl sites for hydroxylation is 1. The second-order valence-electron chi connectivity index (χ2n) is 6.50. The predicted molar refractivity (Wildman–Crippen MR) is 109 cm³/mol. The van der Waals surface area contributed by atoms with Crippen LogP contribution in [0.1, 0.15) is 34.6 Å². The third-order valence-electron chi connectivity index (χ3n) is 4.32. The smallest absolute Gasteiger partial charge is 0.283 e. The van der Waals surface area contributed by atoms with Crippen LogP contribution in [0.4, 0.5) is 0 Å². The number of carbonyl (C=O) groups is 1. The van der Waals surface area contributed by atoms with Gasteiger partial charge in [-0.05, 0) is 25.5 Å². The normalized spacial score (nSPS) is 11.0. The Balaban J connectivity index is 1.56. The van der Waals surface area contributed by atoms with Crippen molar-refractivity contribution in [2.24, 2.45) is 0 Å². The first-order valence-corrected chi connectivity index (χ1v) is 10.2. The van der Waals surface area contributed by atoms with E-state index in [1.54, 1.807) is 23.3 Å². The van der Waals surface area contributed by atoms with E-state index in [2.05, 4.69) is 15.2 Å². The van der Waals surface area contributed by atoms with Crippen molar-refractivity contribution in [3.8, 4) is 22.2 Å². The van der Waals surface area contributed by atoms with Crippen LogP contribution in [0, 0.1) is 6.92 Å². The van der Waals surface area contributed by atoms with E-state index in [9.17, 15) is 4.79 Å². The van der Waals surface area contributed by atoms with Gasteiger partial charge in [0.1, 0.15) is 9.88 Å². The lowest BCUT2D eigenvalue weighted by molar-refractivity contribution is 0.0732. The maximum absolute atomic E-state index is 13.2. The minimum absolute atomic E-state index is 0.0817. The molecule has 0 radical (unpaired) electrons. The highest BCUT2D eigenvalue weighted by atomic mass is 32.1. The summed E-state index contributed by atoms with van der Waals surface area (Å²) in [6.07, 6.45) is 2.36. The SMILES string of the molecule is CCCN(Cc1nnc(-c2ccco2)o1)C(=O)c1sc(-c2ccccc2)nc1C. The first-order chi connectivity index (χ1) is 14.2. The largest absolute Gasteiger partial charge is 0.459 e. The zero-order valence-corrected chi connectivity index (χ0v) is 17.0. The molecule has 0 aliphatic rings. The Bertz CT molecular complexity index is 1090. The maximum atomic E-state index is 13.2. The second-order valence-corrected chi connectivity index (χ2v) is 7.50. The maximum Gasteiger partial charge on any atom is 0.283 e. The number of aromatic nitrogens is 3. The molecule has 1 amide bonds. The molecule has 0 saturated carbocycles. The summed E-state index contributed by atoms with van der Waals surface area (Å²) in [5.41, 5.74) is 1.73. The molecular formula is C21H20N4O3S. The summed E-state index contributed by atoms with van der Waals surface area (Å²) >= 11 is 1.40. The fraction of sp³-hybridized carbons (Fsp3) is 0.238. The van der Waals surface area contributed by atoms with E-state index in [-0.39, 0.29) is 12.5 Å². The van der Waals surface area contributed by atoms with Crippen molar-refractivity contribution in [1.29, 1.82) is 0 Å². The molecule has 7 nitrogen and oxygen atoms in total. The molecule has 0 aliphatic carbocycles. The van der Waals surface area contributed by atoms with Gasteiger partial charge in [-0.25, -0.2) is 4.98 Å². The van der Waals surface area contributed by atoms with Gasteiger partial charge in [0, 0.05) is 12.1 Å². The third-order valence-corrected chi connectivity index (χ3v) is 5.51. The molecule has 0 spiro atoms. The Labute approximate surface area is 172 Å². The van der Waals surface area contributed by atoms with Crippen molar-refractivity contribution in [2.45, 2.75) is 26.8 Å². The Morgan fingerprint density at radius 1 is 1.14 bits per heavy atom. The van der Waals surface area contributed by atoms with Crippen LogP contribution in [0.5, 0.6) is 0 Å². The van der Waals surface area contributed by atoms with E-state index in [1.165, 1.54) is 11.3 Å². The second kappa shape index (κ2) is 8.40. The van der Waals surface area contributed by atoms with Crippen LogP contribution in [0.3, 0.4) is 0 Å². The molecule has 0 N–H and O–H groups in total. The van der Waals surface area contributed by atoms with E-state index in [4.69, 9.17) is 8.83 Å². The van der Waals surface area contributed by atoms with E-state index < -0.39 is 0 Å². The molecular weight excluding hydrogens is 388 g/mol. The van der Waals surface area contributed by atoms with Crippen LogP contribution in [0.25, 0.3) is 22.2 Å². The van der Waals surface area contributed by atoms with Gasteiger partial charge in [-0.15, -0.1) is 21.5 Å². The average Bonchev–Trinajstić information content (AvgIpc) is 3.48. The number of nitrogens with zero attached hydrogens (tertiary/aromatic N) is 4. The number of benzene rings is 1. The molecule has 29 heavy (non-hydrogen) atoms. The molecule has 0 unspecified atom stereocenters. The number of amides is 1. The van der Waals surface area contributed by atoms with Gasteiger partial charge in [0.2, 0.25) is 5.89 Å². The van der Waals surface area contributed by atoms with Gasteiger partial charge in [0.15, 0.2) is 5.76 Å². The van der Waals surface area contributed by atoms with Gasteiger partial charge >= 0.3 is 0 Å². The van der Waals surface area contributed by atoms with Crippen molar-refractivity contribution < 1.29 is 13.6 Å². The minimum Gasteiger partial charge on any atom is -0.459 e. The van der Waals surface area contributed by atoms with Crippen LogP contribution in [-0.4, -0.2) is 32.5 Å². The highest BCUT2D eigenvalue weighted by Crippen LogP contribution is 2.29. The standard InChI is InChI=1S/C21H20N4O3S/c1-3-11-25(13-17-23-24-19(28-17)16-10-7-12-27-16)21(26)18-14(2)22-20(29-18)15-8-5-4-6-9-15/h4-10,12H,3,11,13H2,1-2H3. The Hall–Kier alpha value is -3.26. The summed E-state index contributed by atoms with van der Waals surface area (Å²) in [7, 11) is 0. The van der Waals surface area contributed by atoms with E-state index >= 15 is 0 Å². The summed E-state index contributed by atoms with van der Waals surface area (Å²) in [6.45, 7) is 4.70. The predicted octanol–water partition coefficient (Wildman–Crippen LogP) is 4.81. The third kappa shape index (κ3) is 4.12. The molecule has 3 heterocycles. The summed E-state index contributed by atoms with van der Waals surface area (Å²) in [6, 6.07) is 13.4. The molecule has 0 bridgehead atoms. The highest BCUT2D eigenvalue weighted by molar-refractivity contribution is 7.17. The molecule has 8 heteroatoms. The van der Waals surface area contributed by atoms with Crippen molar-refractivity contribution in [3.63, 3.8) is 0 Å². The van der Waals surface area contributed by atoms with Gasteiger partial charge in [-0.3, -0.25) is 4.79 Å². The fourth-order valence-corrected chi connectivity index (χ4v) is 3.99. The Kier molecular flexibility index (Phi) is 5.53. The van der Waals surface area contributed by atoms with E-state index in [0.29, 0.717) is 29.0 Å². The van der Waals surface area contributed by atoms with E-state index in [1.807, 2.05) is 44.2 Å². The number of hydrogen-bond acceptors (Lipinski definition) is 7. The molecule has 0 saturated heterocycles. The van der Waals surface area contributed by atoms with Crippen molar-refractivity contribution in [1.82, 2.24) is 20.1 Å². The highest BCUT2D eigenvalue weighted by Gasteiger charge is 2.24. The van der Waals surface area contributed by atoms with Gasteiger partial charge in [0.25, 0.3) is 11.8 Å². The van der Waals surface area contributed by atoms with Crippen molar-refractivity contribution in [2.75, 3.05) is 6.54 Å². The van der Waals surface area contributed by atoms with Crippen LogP contribution in [-0.2, 0) is 6.54 Å². The molecule has 148 valence electrons. The summed E-state index contributed by atoms with van der Waals surface area (Å²) in [5.74, 6) is 1.09. The van der Waals surface area contributed by atoms with Gasteiger partial charge < -0.3 is 13.7 Å². The lowest BCUT2D eigenvalue weighted by atomic mass is 10.2. The first kappa shape index (κ1) is 19.1. The Morgan fingerprint density at radius 2 is 1.97 bits per heavy atom. The quantitative estimate of drug-likeness (QED) is 0.436. The van der Waals surface area contributed by atoms with Crippen LogP contribution >= 0.6 is 11.3 Å². The average molecular weight is 408 g/mol. The molecule has 1 aromatic carbocycles. The summed E-state index contributed by atoms with van der Waals surface area (Å²) < 4.78 is 11.0. The fourth-order valence-electron chi connectivity index (χ4n) is 2.95. The topological polar surface area (TPSA) is 85.3 Å². The molecule has 0 aliphatic heterocycles. The van der Waals surface area contributed by atoms with Gasteiger partial charge in [0.05, 0.1) is 18.5 Å². The lowest BCUT2D eigenvalue weighted by Crippen LogP contribution is -2.31. The number of rotatable bonds is 7. The number of hydrogen-bond donors (Lipinski definition) is 0. The van der Waals surface area contributed by atoms with Gasteiger partial charge in [-0.1, -0.05) is 37.3 Å². The van der Waals surface area contributed by atoms with Crippen LogP contribution < -0.4 is 0 Å². The van der Waals surface area contributed by atoms with Crippen LogP contribution in [0.2, 0.25) is 0 Å². The van der Waals surface area contributed by atoms with Gasteiger partial charge in [-0.2, -0.15) is 0 Å². The zero-order chi connectivity index (χ0) is 20.2. The molecule has 0 fully saturated rings. The molecule has 4 rings (SSSR count). The summed E-state index contributed by atoms with van der Waals surface area (Å²) in [4.78, 5) is 20.2. The number of thiazole rings is 1. The number of carbonyl (C=O) groups excluding carboxylic acids is 1. The monoisotopic (exact) mass is 408 g/mol. The van der Waals surface area contributed by atoms with E-state index in [0.717, 1.165) is 22.7 Å². The Morgan fingerprint density at radius 3 is 2.69 bits per heavy atom. The molecule has 4 aromatic rings. The lowest BCUT2D eigenvalue weighted by Gasteiger charge is -2.19. The summed E-state index contributed by atoms with van der Waals surface area (Å²) in [5, 5.41) is 8.90. The minimum atomic E-state index is -0.0817. The van der Waals surface area contributed by atoms with Crippen LogP contribution in [0.15, 0.2) is 57.6 Å². The first-order valence-electron chi connectivity index (χ1n) is 9.34. The zero-order valence-electron chi connectivity index (χ0n) is 16.2. The molecule has 3 aromatic heterocycles. The molecule has 0 atom stereocenters. The van der Waals surface area contributed by atoms with Crippen molar-refractivity contribution >= 4 is 17.2 Å². The number of furan rings is 1. The van der Waals surface area contributed by atoms with Crippen molar-refractivity contribution in [3.05, 3.63) is 65.2 Å².